The van der Waals surface area contributed by atoms with Crippen LogP contribution in [0.5, 0.6) is 0 Å². The van der Waals surface area contributed by atoms with Crippen LogP contribution in [0.1, 0.15) is 27.2 Å². The van der Waals surface area contributed by atoms with Gasteiger partial charge in [-0.3, -0.25) is 0 Å². The third-order valence-electron chi connectivity index (χ3n) is 2.96. The molecule has 1 saturated heterocycles. The van der Waals surface area contributed by atoms with Crippen molar-refractivity contribution in [3.63, 3.8) is 0 Å². The first-order chi connectivity index (χ1) is 7.74. The molecular weight excluding hydrogens is 220 g/mol. The van der Waals surface area contributed by atoms with Crippen LogP contribution in [0, 0.1) is 0 Å². The average molecular weight is 244 g/mol. The lowest BCUT2D eigenvalue weighted by molar-refractivity contribution is 0.0170. The van der Waals surface area contributed by atoms with Gasteiger partial charge in [0.05, 0.1) is 12.6 Å². The van der Waals surface area contributed by atoms with E-state index in [9.17, 15) is 9.90 Å². The van der Waals surface area contributed by atoms with E-state index < -0.39 is 5.60 Å². The van der Waals surface area contributed by atoms with Gasteiger partial charge in [-0.05, 0) is 41.3 Å². The predicted octanol–water partition coefficient (Wildman–Crippen LogP) is 0.918. The molecule has 0 unspecified atom stereocenters. The highest BCUT2D eigenvalue weighted by atomic mass is 16.6. The van der Waals surface area contributed by atoms with Crippen molar-refractivity contribution in [2.75, 3.05) is 27.2 Å². The summed E-state index contributed by atoms with van der Waals surface area (Å²) < 4.78 is 5.34. The van der Waals surface area contributed by atoms with Gasteiger partial charge in [0.2, 0.25) is 0 Å². The number of aliphatic hydroxyl groups excluding tert-OH is 1. The predicted molar refractivity (Wildman–Crippen MR) is 65.9 cm³/mol. The van der Waals surface area contributed by atoms with Gasteiger partial charge in [0, 0.05) is 12.6 Å². The number of carbonyl (C=O) groups is 1. The summed E-state index contributed by atoms with van der Waals surface area (Å²) in [7, 11) is 3.97. The maximum Gasteiger partial charge on any atom is 0.410 e. The highest BCUT2D eigenvalue weighted by molar-refractivity contribution is 5.69. The number of aliphatic hydroxyl groups is 1. The molecule has 5 nitrogen and oxygen atoms in total. The number of hydrogen-bond acceptors (Lipinski definition) is 4. The molecule has 0 aromatic carbocycles. The largest absolute Gasteiger partial charge is 0.444 e. The number of ether oxygens (including phenoxy) is 1. The van der Waals surface area contributed by atoms with Crippen molar-refractivity contribution in [3.8, 4) is 0 Å². The number of rotatable bonds is 2. The molecule has 0 spiro atoms. The third kappa shape index (κ3) is 3.85. The van der Waals surface area contributed by atoms with Crippen LogP contribution in [0.25, 0.3) is 0 Å². The van der Waals surface area contributed by atoms with Crippen molar-refractivity contribution in [3.05, 3.63) is 0 Å². The number of nitrogens with zero attached hydrogens (tertiary/aromatic N) is 2. The zero-order chi connectivity index (χ0) is 13.2. The molecule has 1 amide bonds. The Kier molecular flexibility index (Phi) is 4.38. The van der Waals surface area contributed by atoms with Gasteiger partial charge in [0.25, 0.3) is 0 Å². The fraction of sp³-hybridized carbons (Fsp3) is 0.917. The van der Waals surface area contributed by atoms with Crippen molar-refractivity contribution in [1.29, 1.82) is 0 Å². The molecule has 0 bridgehead atoms. The second-order valence-corrected chi connectivity index (χ2v) is 5.82. The number of carbonyl (C=O) groups excluding carboxylic acids is 1. The molecule has 0 aromatic rings. The molecule has 1 rings (SSSR count). The van der Waals surface area contributed by atoms with Gasteiger partial charge >= 0.3 is 6.09 Å². The van der Waals surface area contributed by atoms with E-state index in [4.69, 9.17) is 4.74 Å². The van der Waals surface area contributed by atoms with Crippen molar-refractivity contribution < 1.29 is 14.6 Å². The lowest BCUT2D eigenvalue weighted by Crippen LogP contribution is -2.42. The number of amides is 1. The third-order valence-corrected chi connectivity index (χ3v) is 2.96. The molecule has 1 fully saturated rings. The molecule has 1 aliphatic rings. The van der Waals surface area contributed by atoms with Gasteiger partial charge in [-0.15, -0.1) is 0 Å². The molecule has 1 heterocycles. The molecule has 0 radical (unpaired) electrons. The van der Waals surface area contributed by atoms with Crippen LogP contribution < -0.4 is 0 Å². The van der Waals surface area contributed by atoms with Crippen molar-refractivity contribution in [2.45, 2.75) is 44.9 Å². The van der Waals surface area contributed by atoms with Crippen LogP contribution in [0.15, 0.2) is 0 Å². The van der Waals surface area contributed by atoms with E-state index in [1.54, 1.807) is 4.90 Å². The van der Waals surface area contributed by atoms with Gasteiger partial charge in [-0.2, -0.15) is 0 Å². The Bertz CT molecular complexity index is 273. The first kappa shape index (κ1) is 14.3. The first-order valence-corrected chi connectivity index (χ1v) is 6.01. The highest BCUT2D eigenvalue weighted by Gasteiger charge is 2.37. The first-order valence-electron chi connectivity index (χ1n) is 6.01. The summed E-state index contributed by atoms with van der Waals surface area (Å²) in [6.45, 7) is 6.14. The van der Waals surface area contributed by atoms with E-state index in [1.807, 2.05) is 34.9 Å². The van der Waals surface area contributed by atoms with Crippen LogP contribution in [0.2, 0.25) is 0 Å². The minimum absolute atomic E-state index is 0.0103. The zero-order valence-electron chi connectivity index (χ0n) is 11.4. The quantitative estimate of drug-likeness (QED) is 0.785. The maximum absolute atomic E-state index is 12.0. The van der Waals surface area contributed by atoms with Gasteiger partial charge in [0.15, 0.2) is 0 Å². The Morgan fingerprint density at radius 2 is 2.06 bits per heavy atom. The fourth-order valence-electron chi connectivity index (χ4n) is 1.98. The normalized spacial score (nSPS) is 25.5. The summed E-state index contributed by atoms with van der Waals surface area (Å²) in [6.07, 6.45) is 0.462. The van der Waals surface area contributed by atoms with Crippen molar-refractivity contribution in [2.24, 2.45) is 0 Å². The van der Waals surface area contributed by atoms with Crippen LogP contribution in [0.4, 0.5) is 4.79 Å². The van der Waals surface area contributed by atoms with E-state index in [-0.39, 0.29) is 18.7 Å². The minimum atomic E-state index is -0.493. The molecular formula is C12H24N2O3. The van der Waals surface area contributed by atoms with Gasteiger partial charge in [-0.25, -0.2) is 4.79 Å². The fourth-order valence-corrected chi connectivity index (χ4v) is 1.98. The molecule has 17 heavy (non-hydrogen) atoms. The Labute approximate surface area is 103 Å². The SMILES string of the molecule is CN(C)[C@H]1C[C@H](CO)N(C(=O)OC(C)(C)C)C1. The Balaban J connectivity index is 2.66. The average Bonchev–Trinajstić information content (AvgIpc) is 2.58. The summed E-state index contributed by atoms with van der Waals surface area (Å²) >= 11 is 0. The van der Waals surface area contributed by atoms with Crippen LogP contribution >= 0.6 is 0 Å². The van der Waals surface area contributed by atoms with E-state index in [2.05, 4.69) is 4.90 Å². The van der Waals surface area contributed by atoms with Crippen molar-refractivity contribution in [1.82, 2.24) is 9.80 Å². The number of likely N-dealkylation sites (tertiary alicyclic amines) is 1. The minimum Gasteiger partial charge on any atom is -0.444 e. The summed E-state index contributed by atoms with van der Waals surface area (Å²) in [6, 6.07) is 0.164. The summed E-state index contributed by atoms with van der Waals surface area (Å²) in [5.41, 5.74) is -0.493. The molecule has 0 saturated carbocycles. The lowest BCUT2D eigenvalue weighted by Gasteiger charge is -2.27. The Morgan fingerprint density at radius 3 is 2.47 bits per heavy atom. The highest BCUT2D eigenvalue weighted by Crippen LogP contribution is 2.23. The zero-order valence-corrected chi connectivity index (χ0v) is 11.4. The van der Waals surface area contributed by atoms with Crippen molar-refractivity contribution >= 4 is 6.09 Å². The van der Waals surface area contributed by atoms with E-state index in [0.29, 0.717) is 12.6 Å². The topological polar surface area (TPSA) is 53.0 Å². The van der Waals surface area contributed by atoms with Crippen LogP contribution in [0.3, 0.4) is 0 Å². The molecule has 100 valence electrons. The van der Waals surface area contributed by atoms with Gasteiger partial charge < -0.3 is 19.6 Å². The molecule has 0 aliphatic carbocycles. The second-order valence-electron chi connectivity index (χ2n) is 5.82. The van der Waals surface area contributed by atoms with Gasteiger partial charge in [-0.1, -0.05) is 0 Å². The van der Waals surface area contributed by atoms with E-state index in [1.165, 1.54) is 0 Å². The molecule has 1 N–H and O–H groups in total. The summed E-state index contributed by atoms with van der Waals surface area (Å²) in [5.74, 6) is 0. The summed E-state index contributed by atoms with van der Waals surface area (Å²) in [5, 5.41) is 9.32. The molecule has 0 aromatic heterocycles. The Hall–Kier alpha value is -0.810. The smallest absolute Gasteiger partial charge is 0.410 e. The standard InChI is InChI=1S/C12H24N2O3/c1-12(2,3)17-11(16)14-7-9(13(4)5)6-10(14)8-15/h9-10,15H,6-8H2,1-5H3/t9-,10+/m0/s1. The van der Waals surface area contributed by atoms with Crippen LogP contribution in [-0.2, 0) is 4.74 Å². The maximum atomic E-state index is 12.0. The molecule has 5 heteroatoms. The Morgan fingerprint density at radius 1 is 1.47 bits per heavy atom. The number of likely N-dealkylation sites (N-methyl/N-ethyl adjacent to an activating group) is 1. The second kappa shape index (κ2) is 5.23. The molecule has 1 aliphatic heterocycles. The summed E-state index contributed by atoms with van der Waals surface area (Å²) in [4.78, 5) is 15.7. The van der Waals surface area contributed by atoms with Gasteiger partial charge in [0.1, 0.15) is 5.60 Å². The molecule has 2 atom stereocenters. The van der Waals surface area contributed by atoms with Crippen LogP contribution in [-0.4, -0.2) is 65.9 Å². The van der Waals surface area contributed by atoms with E-state index in [0.717, 1.165) is 6.42 Å². The lowest BCUT2D eigenvalue weighted by atomic mass is 10.2. The monoisotopic (exact) mass is 244 g/mol. The number of hydrogen-bond donors (Lipinski definition) is 1. The van der Waals surface area contributed by atoms with E-state index >= 15 is 0 Å².